The van der Waals surface area contributed by atoms with Crippen molar-refractivity contribution >= 4 is 16.0 Å². The second-order valence-electron chi connectivity index (χ2n) is 6.46. The van der Waals surface area contributed by atoms with Gasteiger partial charge in [0.2, 0.25) is 10.0 Å². The van der Waals surface area contributed by atoms with Crippen LogP contribution in [0, 0.1) is 5.82 Å². The Hall–Kier alpha value is -2.29. The molecule has 1 fully saturated rings. The maximum atomic E-state index is 14.2. The highest BCUT2D eigenvalue weighted by molar-refractivity contribution is 7.89. The van der Waals surface area contributed by atoms with E-state index in [0.717, 1.165) is 6.07 Å². The maximum Gasteiger partial charge on any atom is 0.335 e. The number of hydrogen-bond acceptors (Lipinski definition) is 4. The lowest BCUT2D eigenvalue weighted by Gasteiger charge is -2.22. The summed E-state index contributed by atoms with van der Waals surface area (Å²) in [6, 6.07) is 12.2. The molecule has 0 spiro atoms. The Morgan fingerprint density at radius 3 is 2.44 bits per heavy atom. The molecule has 3 rings (SSSR count). The molecule has 1 N–H and O–H groups in total. The topological polar surface area (TPSA) is 77.9 Å². The van der Waals surface area contributed by atoms with Gasteiger partial charge >= 0.3 is 5.97 Å². The number of benzene rings is 2. The van der Waals surface area contributed by atoms with Crippen LogP contribution in [-0.4, -0.2) is 54.9 Å². The van der Waals surface area contributed by atoms with Crippen LogP contribution in [0.15, 0.2) is 53.4 Å². The van der Waals surface area contributed by atoms with Crippen molar-refractivity contribution in [3.05, 3.63) is 65.5 Å². The lowest BCUT2D eigenvalue weighted by molar-refractivity contribution is 0.0696. The molecule has 27 heavy (non-hydrogen) atoms. The summed E-state index contributed by atoms with van der Waals surface area (Å²) in [6.45, 7) is 2.16. The summed E-state index contributed by atoms with van der Waals surface area (Å²) in [5.41, 5.74) is 0.312. The summed E-state index contributed by atoms with van der Waals surface area (Å²) >= 11 is 0. The molecule has 144 valence electrons. The second kappa shape index (κ2) is 8.16. The zero-order valence-electron chi connectivity index (χ0n) is 14.7. The number of rotatable bonds is 5. The average Bonchev–Trinajstić information content (AvgIpc) is 2.90. The molecule has 0 aromatic heterocycles. The Balaban J connectivity index is 1.68. The molecule has 0 aliphatic carbocycles. The van der Waals surface area contributed by atoms with Gasteiger partial charge in [-0.2, -0.15) is 4.31 Å². The molecule has 6 nitrogen and oxygen atoms in total. The molecule has 8 heteroatoms. The van der Waals surface area contributed by atoms with Crippen LogP contribution in [0.3, 0.4) is 0 Å². The molecule has 1 aliphatic heterocycles. The van der Waals surface area contributed by atoms with Crippen molar-refractivity contribution < 1.29 is 22.7 Å². The second-order valence-corrected chi connectivity index (χ2v) is 8.40. The molecule has 0 radical (unpaired) electrons. The monoisotopic (exact) mass is 392 g/mol. The van der Waals surface area contributed by atoms with Gasteiger partial charge in [-0.05, 0) is 37.2 Å². The van der Waals surface area contributed by atoms with Gasteiger partial charge in [-0.15, -0.1) is 0 Å². The Morgan fingerprint density at radius 2 is 1.78 bits per heavy atom. The van der Waals surface area contributed by atoms with E-state index >= 15 is 0 Å². The minimum atomic E-state index is -3.54. The van der Waals surface area contributed by atoms with Gasteiger partial charge in [-0.1, -0.05) is 24.3 Å². The third-order valence-corrected chi connectivity index (χ3v) is 6.54. The van der Waals surface area contributed by atoms with Crippen LogP contribution in [0.25, 0.3) is 0 Å². The number of aromatic carboxylic acids is 1. The zero-order valence-corrected chi connectivity index (χ0v) is 15.5. The minimum absolute atomic E-state index is 0.0905. The molecular weight excluding hydrogens is 371 g/mol. The Bertz CT molecular complexity index is 919. The van der Waals surface area contributed by atoms with E-state index in [2.05, 4.69) is 0 Å². The van der Waals surface area contributed by atoms with Crippen molar-refractivity contribution in [2.75, 3.05) is 26.2 Å². The zero-order chi connectivity index (χ0) is 19.4. The summed E-state index contributed by atoms with van der Waals surface area (Å²) in [5, 5.41) is 8.92. The maximum absolute atomic E-state index is 14.2. The van der Waals surface area contributed by atoms with Gasteiger partial charge in [-0.25, -0.2) is 17.6 Å². The lowest BCUT2D eigenvalue weighted by atomic mass is 10.1. The van der Waals surface area contributed by atoms with E-state index < -0.39 is 21.8 Å². The van der Waals surface area contributed by atoms with Crippen molar-refractivity contribution in [1.29, 1.82) is 0 Å². The van der Waals surface area contributed by atoms with Crippen molar-refractivity contribution in [2.45, 2.75) is 17.9 Å². The number of hydrogen-bond donors (Lipinski definition) is 1. The number of nitrogens with zero attached hydrogens (tertiary/aromatic N) is 2. The first-order chi connectivity index (χ1) is 12.9. The number of carbonyl (C=O) groups is 1. The van der Waals surface area contributed by atoms with Crippen LogP contribution in [-0.2, 0) is 16.6 Å². The molecule has 1 saturated heterocycles. The van der Waals surface area contributed by atoms with Crippen LogP contribution < -0.4 is 0 Å². The molecule has 1 aliphatic rings. The van der Waals surface area contributed by atoms with E-state index in [1.807, 2.05) is 4.90 Å². The first-order valence-corrected chi connectivity index (χ1v) is 10.1. The molecule has 0 amide bonds. The van der Waals surface area contributed by atoms with Crippen molar-refractivity contribution in [3.8, 4) is 0 Å². The quantitative estimate of drug-likeness (QED) is 0.846. The predicted octanol–water partition coefficient (Wildman–Crippen LogP) is 2.42. The van der Waals surface area contributed by atoms with E-state index in [4.69, 9.17) is 5.11 Å². The lowest BCUT2D eigenvalue weighted by Crippen LogP contribution is -2.35. The van der Waals surface area contributed by atoms with Gasteiger partial charge in [0.25, 0.3) is 0 Å². The van der Waals surface area contributed by atoms with Crippen molar-refractivity contribution in [2.24, 2.45) is 0 Å². The van der Waals surface area contributed by atoms with Crippen LogP contribution in [0.2, 0.25) is 0 Å². The molecule has 0 bridgehead atoms. The van der Waals surface area contributed by atoms with Crippen LogP contribution >= 0.6 is 0 Å². The highest BCUT2D eigenvalue weighted by Gasteiger charge is 2.27. The van der Waals surface area contributed by atoms with Gasteiger partial charge < -0.3 is 5.11 Å². The third-order valence-electron chi connectivity index (χ3n) is 4.62. The molecule has 2 aromatic carbocycles. The smallest absolute Gasteiger partial charge is 0.335 e. The number of sulfonamides is 1. The summed E-state index contributed by atoms with van der Waals surface area (Å²) < 4.78 is 41.1. The van der Waals surface area contributed by atoms with E-state index in [1.165, 1.54) is 16.4 Å². The molecule has 0 unspecified atom stereocenters. The predicted molar refractivity (Wildman–Crippen MR) is 98.5 cm³/mol. The third kappa shape index (κ3) is 4.52. The SMILES string of the molecule is O=C(O)c1ccc(CN2CCCN(S(=O)(=O)c3ccccc3)CC2)c(F)c1. The van der Waals surface area contributed by atoms with Crippen LogP contribution in [0.5, 0.6) is 0 Å². The Labute approximate surface area is 157 Å². The fraction of sp³-hybridized carbons (Fsp3) is 0.316. The summed E-state index contributed by atoms with van der Waals surface area (Å²) in [7, 11) is -3.54. The van der Waals surface area contributed by atoms with E-state index in [9.17, 15) is 17.6 Å². The van der Waals surface area contributed by atoms with Crippen molar-refractivity contribution in [1.82, 2.24) is 9.21 Å². The largest absolute Gasteiger partial charge is 0.478 e. The first-order valence-electron chi connectivity index (χ1n) is 8.67. The summed E-state index contributed by atoms with van der Waals surface area (Å²) in [6.07, 6.45) is 0.640. The Kier molecular flexibility index (Phi) is 5.88. The fourth-order valence-corrected chi connectivity index (χ4v) is 4.63. The highest BCUT2D eigenvalue weighted by atomic mass is 32.2. The average molecular weight is 392 g/mol. The fourth-order valence-electron chi connectivity index (χ4n) is 3.14. The van der Waals surface area contributed by atoms with Gasteiger partial charge in [0.05, 0.1) is 10.5 Å². The molecule has 1 heterocycles. The Morgan fingerprint density at radius 1 is 1.04 bits per heavy atom. The van der Waals surface area contributed by atoms with Crippen molar-refractivity contribution in [3.63, 3.8) is 0 Å². The van der Waals surface area contributed by atoms with Crippen LogP contribution in [0.1, 0.15) is 22.3 Å². The van der Waals surface area contributed by atoms with E-state index in [0.29, 0.717) is 44.7 Å². The molecule has 0 atom stereocenters. The summed E-state index contributed by atoms with van der Waals surface area (Å²) in [5.74, 6) is -1.73. The number of carboxylic acids is 1. The van der Waals surface area contributed by atoms with Gasteiger partial charge in [-0.3, -0.25) is 4.90 Å². The number of halogens is 1. The van der Waals surface area contributed by atoms with E-state index in [-0.39, 0.29) is 10.5 Å². The highest BCUT2D eigenvalue weighted by Crippen LogP contribution is 2.19. The van der Waals surface area contributed by atoms with Gasteiger partial charge in [0, 0.05) is 31.7 Å². The van der Waals surface area contributed by atoms with Gasteiger partial charge in [0.1, 0.15) is 5.82 Å². The molecular formula is C19H21FN2O4S. The van der Waals surface area contributed by atoms with E-state index in [1.54, 1.807) is 30.3 Å². The minimum Gasteiger partial charge on any atom is -0.478 e. The summed E-state index contributed by atoms with van der Waals surface area (Å²) in [4.78, 5) is 13.2. The molecule has 2 aromatic rings. The molecule has 0 saturated carbocycles. The number of carboxylic acid groups (broad SMARTS) is 1. The normalized spacial score (nSPS) is 16.8. The standard InChI is InChI=1S/C19H21FN2O4S/c20-18-13-15(19(23)24)7-8-16(18)14-21-9-4-10-22(12-11-21)27(25,26)17-5-2-1-3-6-17/h1-3,5-8,13H,4,9-12,14H2,(H,23,24). The van der Waals surface area contributed by atoms with Gasteiger partial charge in [0.15, 0.2) is 0 Å². The van der Waals surface area contributed by atoms with Crippen LogP contribution in [0.4, 0.5) is 4.39 Å². The first kappa shape index (κ1) is 19.5.